The summed E-state index contributed by atoms with van der Waals surface area (Å²) >= 11 is 0. The van der Waals surface area contributed by atoms with Gasteiger partial charge < -0.3 is 19.5 Å². The summed E-state index contributed by atoms with van der Waals surface area (Å²) in [4.78, 5) is 25.9. The normalized spacial score (nSPS) is 17.6. The average Bonchev–Trinajstić information content (AvgIpc) is 2.96. The number of rotatable bonds is 4. The van der Waals surface area contributed by atoms with Crippen LogP contribution >= 0.6 is 0 Å². The fraction of sp³-hybridized carbons (Fsp3) is 0.467. The van der Waals surface area contributed by atoms with Crippen molar-refractivity contribution in [1.82, 2.24) is 4.90 Å². The highest BCUT2D eigenvalue weighted by molar-refractivity contribution is 5.97. The van der Waals surface area contributed by atoms with Gasteiger partial charge in [-0.05, 0) is 38.0 Å². The molecule has 1 aromatic carbocycles. The monoisotopic (exact) mass is 293 g/mol. The lowest BCUT2D eigenvalue weighted by molar-refractivity contribution is -0.147. The number of methoxy groups -OCH3 is 1. The molecule has 0 spiro atoms. The predicted octanol–water partition coefficient (Wildman–Crippen LogP) is 1.57. The first-order valence-corrected chi connectivity index (χ1v) is 6.93. The summed E-state index contributed by atoms with van der Waals surface area (Å²) in [6.07, 6.45) is 1.37. The summed E-state index contributed by atoms with van der Waals surface area (Å²) in [5.74, 6) is -0.463. The van der Waals surface area contributed by atoms with Gasteiger partial charge in [0.25, 0.3) is 5.91 Å². The highest BCUT2D eigenvalue weighted by atomic mass is 16.5. The van der Waals surface area contributed by atoms with Crippen LogP contribution in [0.15, 0.2) is 18.2 Å². The van der Waals surface area contributed by atoms with Gasteiger partial charge in [0, 0.05) is 12.1 Å². The number of phenols is 1. The first-order valence-electron chi connectivity index (χ1n) is 6.93. The lowest BCUT2D eigenvalue weighted by Gasteiger charge is -2.23. The Balaban J connectivity index is 2.18. The number of likely N-dealkylation sites (tertiary alicyclic amines) is 1. The van der Waals surface area contributed by atoms with E-state index in [4.69, 9.17) is 9.47 Å². The van der Waals surface area contributed by atoms with Crippen LogP contribution in [0.25, 0.3) is 0 Å². The number of aromatic hydroxyl groups is 1. The summed E-state index contributed by atoms with van der Waals surface area (Å²) < 4.78 is 9.95. The molecule has 2 rings (SSSR count). The highest BCUT2D eigenvalue weighted by Crippen LogP contribution is 2.28. The van der Waals surface area contributed by atoms with Crippen LogP contribution in [-0.4, -0.2) is 48.2 Å². The predicted molar refractivity (Wildman–Crippen MR) is 75.4 cm³/mol. The zero-order valence-electron chi connectivity index (χ0n) is 12.2. The van der Waals surface area contributed by atoms with Gasteiger partial charge in [-0.3, -0.25) is 4.79 Å². The van der Waals surface area contributed by atoms with Crippen LogP contribution in [0.2, 0.25) is 0 Å². The average molecular weight is 293 g/mol. The van der Waals surface area contributed by atoms with Crippen LogP contribution in [-0.2, 0) is 9.53 Å². The second-order valence-electron chi connectivity index (χ2n) is 4.80. The smallest absolute Gasteiger partial charge is 0.328 e. The quantitative estimate of drug-likeness (QED) is 0.853. The van der Waals surface area contributed by atoms with Gasteiger partial charge in [-0.1, -0.05) is 0 Å². The van der Waals surface area contributed by atoms with Crippen LogP contribution < -0.4 is 4.74 Å². The van der Waals surface area contributed by atoms with Crippen molar-refractivity contribution >= 4 is 11.9 Å². The SMILES string of the molecule is CCOC(=O)C1CCCN1C(=O)c1ccc(OC)c(O)c1. The molecule has 0 aliphatic carbocycles. The molecule has 114 valence electrons. The first kappa shape index (κ1) is 15.2. The number of ether oxygens (including phenoxy) is 2. The van der Waals surface area contributed by atoms with Gasteiger partial charge in [0.2, 0.25) is 0 Å². The summed E-state index contributed by atoms with van der Waals surface area (Å²) in [6, 6.07) is 3.91. The van der Waals surface area contributed by atoms with Gasteiger partial charge in [0.15, 0.2) is 11.5 Å². The molecular weight excluding hydrogens is 274 g/mol. The second kappa shape index (κ2) is 6.47. The molecule has 1 aromatic rings. The number of phenolic OH excluding ortho intramolecular Hbond substituents is 1. The zero-order valence-corrected chi connectivity index (χ0v) is 12.2. The first-order chi connectivity index (χ1) is 10.1. The van der Waals surface area contributed by atoms with Crippen LogP contribution in [0.3, 0.4) is 0 Å². The Hall–Kier alpha value is -2.24. The molecule has 1 atom stereocenters. The molecule has 1 N–H and O–H groups in total. The molecule has 1 unspecified atom stereocenters. The number of hydrogen-bond donors (Lipinski definition) is 1. The molecule has 0 aromatic heterocycles. The van der Waals surface area contributed by atoms with Crippen LogP contribution in [0.5, 0.6) is 11.5 Å². The van der Waals surface area contributed by atoms with Crippen LogP contribution in [0.4, 0.5) is 0 Å². The zero-order chi connectivity index (χ0) is 15.4. The fourth-order valence-electron chi connectivity index (χ4n) is 2.48. The van der Waals surface area contributed by atoms with Crippen molar-refractivity contribution in [1.29, 1.82) is 0 Å². The minimum absolute atomic E-state index is 0.102. The molecule has 1 heterocycles. The number of esters is 1. The Morgan fingerprint density at radius 3 is 2.81 bits per heavy atom. The van der Waals surface area contributed by atoms with E-state index in [-0.39, 0.29) is 17.6 Å². The van der Waals surface area contributed by atoms with Gasteiger partial charge >= 0.3 is 5.97 Å². The van der Waals surface area contributed by atoms with E-state index in [0.29, 0.717) is 30.9 Å². The topological polar surface area (TPSA) is 76.1 Å². The Morgan fingerprint density at radius 2 is 2.19 bits per heavy atom. The van der Waals surface area contributed by atoms with E-state index in [1.807, 2.05) is 0 Å². The minimum Gasteiger partial charge on any atom is -0.504 e. The Kier molecular flexibility index (Phi) is 4.67. The molecule has 1 amide bonds. The molecule has 6 heteroatoms. The van der Waals surface area contributed by atoms with Gasteiger partial charge in [-0.2, -0.15) is 0 Å². The molecule has 1 fully saturated rings. The largest absolute Gasteiger partial charge is 0.504 e. The van der Waals surface area contributed by atoms with Crippen molar-refractivity contribution in [3.8, 4) is 11.5 Å². The van der Waals surface area contributed by atoms with Gasteiger partial charge in [0.05, 0.1) is 13.7 Å². The maximum Gasteiger partial charge on any atom is 0.328 e. The van der Waals surface area contributed by atoms with Crippen molar-refractivity contribution in [2.24, 2.45) is 0 Å². The number of amides is 1. The third kappa shape index (κ3) is 3.09. The second-order valence-corrected chi connectivity index (χ2v) is 4.80. The van der Waals surface area contributed by atoms with Crippen molar-refractivity contribution in [3.63, 3.8) is 0 Å². The van der Waals surface area contributed by atoms with Crippen molar-refractivity contribution in [2.45, 2.75) is 25.8 Å². The maximum atomic E-state index is 12.5. The highest BCUT2D eigenvalue weighted by Gasteiger charge is 2.35. The summed E-state index contributed by atoms with van der Waals surface area (Å²) in [5.41, 5.74) is 0.324. The molecule has 1 aliphatic heterocycles. The van der Waals surface area contributed by atoms with E-state index in [1.165, 1.54) is 24.1 Å². The molecule has 0 saturated carbocycles. The lowest BCUT2D eigenvalue weighted by atomic mass is 10.1. The molecule has 6 nitrogen and oxygen atoms in total. The van der Waals surface area contributed by atoms with Gasteiger partial charge in [0.1, 0.15) is 6.04 Å². The van der Waals surface area contributed by atoms with Gasteiger partial charge in [-0.15, -0.1) is 0 Å². The maximum absolute atomic E-state index is 12.5. The fourth-order valence-corrected chi connectivity index (χ4v) is 2.48. The van der Waals surface area contributed by atoms with Crippen molar-refractivity contribution in [3.05, 3.63) is 23.8 Å². The summed E-state index contributed by atoms with van der Waals surface area (Å²) in [5, 5.41) is 9.75. The third-order valence-electron chi connectivity index (χ3n) is 3.50. The van der Waals surface area contributed by atoms with E-state index >= 15 is 0 Å². The minimum atomic E-state index is -0.540. The summed E-state index contributed by atoms with van der Waals surface area (Å²) in [6.45, 7) is 2.54. The standard InChI is InChI=1S/C15H19NO5/c1-3-21-15(19)11-5-4-8-16(11)14(18)10-6-7-13(20-2)12(17)9-10/h6-7,9,11,17H,3-5,8H2,1-2H3. The summed E-state index contributed by atoms with van der Waals surface area (Å²) in [7, 11) is 1.44. The lowest BCUT2D eigenvalue weighted by Crippen LogP contribution is -2.41. The third-order valence-corrected chi connectivity index (χ3v) is 3.50. The van der Waals surface area contributed by atoms with E-state index in [9.17, 15) is 14.7 Å². The van der Waals surface area contributed by atoms with E-state index in [0.717, 1.165) is 6.42 Å². The molecule has 0 radical (unpaired) electrons. The van der Waals surface area contributed by atoms with Crippen LogP contribution in [0, 0.1) is 0 Å². The Bertz CT molecular complexity index is 543. The Morgan fingerprint density at radius 1 is 1.43 bits per heavy atom. The van der Waals surface area contributed by atoms with E-state index in [2.05, 4.69) is 0 Å². The molecular formula is C15H19NO5. The number of carbonyl (C=O) groups excluding carboxylic acids is 2. The molecule has 21 heavy (non-hydrogen) atoms. The van der Waals surface area contributed by atoms with Gasteiger partial charge in [-0.25, -0.2) is 4.79 Å². The number of nitrogens with zero attached hydrogens (tertiary/aromatic N) is 1. The molecule has 0 bridgehead atoms. The van der Waals surface area contributed by atoms with Crippen LogP contribution in [0.1, 0.15) is 30.1 Å². The Labute approximate surface area is 123 Å². The molecule has 1 aliphatic rings. The molecule has 1 saturated heterocycles. The number of carbonyl (C=O) groups is 2. The number of hydrogen-bond acceptors (Lipinski definition) is 5. The number of benzene rings is 1. The van der Waals surface area contributed by atoms with E-state index in [1.54, 1.807) is 13.0 Å². The van der Waals surface area contributed by atoms with Crippen molar-refractivity contribution < 1.29 is 24.2 Å². The van der Waals surface area contributed by atoms with E-state index < -0.39 is 6.04 Å². The van der Waals surface area contributed by atoms with Crippen molar-refractivity contribution in [2.75, 3.05) is 20.3 Å².